The maximum atomic E-state index is 5.97. The molecule has 0 spiro atoms. The zero-order valence-electron chi connectivity index (χ0n) is 11.7. The Hall–Kier alpha value is -0.120. The van der Waals surface area contributed by atoms with Crippen molar-refractivity contribution in [1.29, 1.82) is 0 Å². The molecule has 4 atom stereocenters. The fraction of sp³-hybridized carbons (Fsp3) is 1.00. The Morgan fingerprint density at radius 1 is 1.11 bits per heavy atom. The molecule has 3 rings (SSSR count). The molecular weight excluding hydrogens is 224 g/mol. The van der Waals surface area contributed by atoms with Gasteiger partial charge >= 0.3 is 0 Å². The molecule has 2 aliphatic carbocycles. The number of nitrogens with one attached hydrogen (secondary N) is 1. The zero-order valence-corrected chi connectivity index (χ0v) is 11.7. The summed E-state index contributed by atoms with van der Waals surface area (Å²) in [6.07, 6.45) is 10.2. The molecule has 0 aromatic heterocycles. The molecule has 1 N–H and O–H groups in total. The quantitative estimate of drug-likeness (QED) is 0.831. The van der Waals surface area contributed by atoms with E-state index in [0.29, 0.717) is 6.10 Å². The highest BCUT2D eigenvalue weighted by Crippen LogP contribution is 2.32. The van der Waals surface area contributed by atoms with E-state index in [9.17, 15) is 0 Å². The molecule has 0 radical (unpaired) electrons. The third-order valence-corrected chi connectivity index (χ3v) is 5.35. The van der Waals surface area contributed by atoms with Gasteiger partial charge < -0.3 is 10.1 Å². The molecule has 3 nitrogen and oxygen atoms in total. The van der Waals surface area contributed by atoms with E-state index in [1.54, 1.807) is 0 Å². The van der Waals surface area contributed by atoms with Crippen molar-refractivity contribution < 1.29 is 4.74 Å². The van der Waals surface area contributed by atoms with Gasteiger partial charge in [-0.25, -0.2) is 0 Å². The van der Waals surface area contributed by atoms with Crippen LogP contribution in [0.25, 0.3) is 0 Å². The number of hydrogen-bond donors (Lipinski definition) is 1. The number of fused-ring (bicyclic) bond motifs is 1. The summed E-state index contributed by atoms with van der Waals surface area (Å²) in [5, 5.41) is 3.52. The van der Waals surface area contributed by atoms with Crippen LogP contribution in [0.3, 0.4) is 0 Å². The molecule has 0 aromatic carbocycles. The van der Waals surface area contributed by atoms with Crippen LogP contribution >= 0.6 is 0 Å². The van der Waals surface area contributed by atoms with E-state index in [2.05, 4.69) is 17.3 Å². The monoisotopic (exact) mass is 252 g/mol. The number of rotatable bonds is 3. The van der Waals surface area contributed by atoms with E-state index in [1.807, 2.05) is 0 Å². The van der Waals surface area contributed by atoms with Gasteiger partial charge in [-0.3, -0.25) is 4.90 Å². The SMILES string of the molecule is CNC1CCCC1CN1CCOC2CCCCC21. The molecule has 2 saturated carbocycles. The Labute approximate surface area is 111 Å². The van der Waals surface area contributed by atoms with Gasteiger partial charge in [0.15, 0.2) is 0 Å². The van der Waals surface area contributed by atoms with E-state index in [1.165, 1.54) is 51.5 Å². The minimum absolute atomic E-state index is 0.543. The van der Waals surface area contributed by atoms with Gasteiger partial charge in [0.25, 0.3) is 0 Å². The molecule has 0 amide bonds. The summed E-state index contributed by atoms with van der Waals surface area (Å²) in [5.41, 5.74) is 0. The topological polar surface area (TPSA) is 24.5 Å². The van der Waals surface area contributed by atoms with Gasteiger partial charge in [0.2, 0.25) is 0 Å². The summed E-state index contributed by atoms with van der Waals surface area (Å²) in [7, 11) is 2.13. The van der Waals surface area contributed by atoms with Crippen LogP contribution in [-0.4, -0.2) is 49.8 Å². The van der Waals surface area contributed by atoms with E-state index in [4.69, 9.17) is 4.74 Å². The smallest absolute Gasteiger partial charge is 0.0730 e. The van der Waals surface area contributed by atoms with Gasteiger partial charge in [0.1, 0.15) is 0 Å². The first kappa shape index (κ1) is 12.9. The first-order valence-electron chi connectivity index (χ1n) is 7.91. The summed E-state index contributed by atoms with van der Waals surface area (Å²) in [4.78, 5) is 2.76. The third kappa shape index (κ3) is 2.59. The number of morpholine rings is 1. The summed E-state index contributed by atoms with van der Waals surface area (Å²) < 4.78 is 5.97. The van der Waals surface area contributed by atoms with Crippen molar-refractivity contribution in [1.82, 2.24) is 10.2 Å². The van der Waals surface area contributed by atoms with Gasteiger partial charge in [0, 0.05) is 25.2 Å². The fourth-order valence-electron chi connectivity index (χ4n) is 4.34. The van der Waals surface area contributed by atoms with Gasteiger partial charge in [0.05, 0.1) is 12.7 Å². The molecule has 1 aliphatic heterocycles. The largest absolute Gasteiger partial charge is 0.375 e. The van der Waals surface area contributed by atoms with Crippen LogP contribution in [-0.2, 0) is 4.74 Å². The van der Waals surface area contributed by atoms with Crippen molar-refractivity contribution in [3.05, 3.63) is 0 Å². The van der Waals surface area contributed by atoms with Crippen LogP contribution in [0.5, 0.6) is 0 Å². The molecule has 0 bridgehead atoms. The number of hydrogen-bond acceptors (Lipinski definition) is 3. The van der Waals surface area contributed by atoms with Crippen LogP contribution < -0.4 is 5.32 Å². The van der Waals surface area contributed by atoms with Crippen LogP contribution in [0.1, 0.15) is 44.9 Å². The predicted octanol–water partition coefficient (Wildman–Crippen LogP) is 2.02. The van der Waals surface area contributed by atoms with Gasteiger partial charge in [-0.05, 0) is 38.6 Å². The van der Waals surface area contributed by atoms with Crippen LogP contribution in [0.15, 0.2) is 0 Å². The molecule has 104 valence electrons. The minimum atomic E-state index is 0.543. The lowest BCUT2D eigenvalue weighted by atomic mass is 9.89. The van der Waals surface area contributed by atoms with E-state index in [-0.39, 0.29) is 0 Å². The van der Waals surface area contributed by atoms with Crippen molar-refractivity contribution in [2.75, 3.05) is 26.7 Å². The third-order valence-electron chi connectivity index (χ3n) is 5.35. The average Bonchev–Trinajstić information content (AvgIpc) is 2.86. The van der Waals surface area contributed by atoms with Gasteiger partial charge in [-0.1, -0.05) is 19.3 Å². The van der Waals surface area contributed by atoms with E-state index < -0.39 is 0 Å². The lowest BCUT2D eigenvalue weighted by molar-refractivity contribution is -0.0924. The summed E-state index contributed by atoms with van der Waals surface area (Å²) >= 11 is 0. The Kier molecular flexibility index (Phi) is 4.22. The molecule has 4 unspecified atom stereocenters. The highest BCUT2D eigenvalue weighted by Gasteiger charge is 2.36. The number of nitrogens with zero attached hydrogens (tertiary/aromatic N) is 1. The molecule has 3 heteroatoms. The lowest BCUT2D eigenvalue weighted by Crippen LogP contribution is -2.54. The fourth-order valence-corrected chi connectivity index (χ4v) is 4.34. The molecule has 3 aliphatic rings. The maximum Gasteiger partial charge on any atom is 0.0730 e. The first-order valence-corrected chi connectivity index (χ1v) is 7.91. The van der Waals surface area contributed by atoms with E-state index >= 15 is 0 Å². The molecule has 0 aromatic rings. The molecule has 1 heterocycles. The molecule has 1 saturated heterocycles. The van der Waals surface area contributed by atoms with Crippen molar-refractivity contribution in [3.63, 3.8) is 0 Å². The second-order valence-corrected chi connectivity index (χ2v) is 6.34. The summed E-state index contributed by atoms with van der Waals surface area (Å²) in [6.45, 7) is 3.42. The maximum absolute atomic E-state index is 5.97. The molecular formula is C15H28N2O. The molecule has 18 heavy (non-hydrogen) atoms. The van der Waals surface area contributed by atoms with Gasteiger partial charge in [-0.15, -0.1) is 0 Å². The van der Waals surface area contributed by atoms with Crippen LogP contribution in [0, 0.1) is 5.92 Å². The summed E-state index contributed by atoms with van der Waals surface area (Å²) in [5.74, 6) is 0.871. The van der Waals surface area contributed by atoms with Crippen molar-refractivity contribution in [2.24, 2.45) is 5.92 Å². The highest BCUT2D eigenvalue weighted by molar-refractivity contribution is 4.91. The Bertz CT molecular complexity index is 269. The number of ether oxygens (including phenoxy) is 1. The van der Waals surface area contributed by atoms with Gasteiger partial charge in [-0.2, -0.15) is 0 Å². The standard InChI is InChI=1S/C15H28N2O/c1-16-13-6-4-5-12(13)11-17-9-10-18-15-8-3-2-7-14(15)17/h12-16H,2-11H2,1H3. The molecule has 3 fully saturated rings. The summed E-state index contributed by atoms with van der Waals surface area (Å²) in [6, 6.07) is 1.49. The van der Waals surface area contributed by atoms with E-state index in [0.717, 1.165) is 31.2 Å². The average molecular weight is 252 g/mol. The zero-order chi connectivity index (χ0) is 12.4. The Morgan fingerprint density at radius 3 is 2.89 bits per heavy atom. The van der Waals surface area contributed by atoms with Crippen LogP contribution in [0.4, 0.5) is 0 Å². The lowest BCUT2D eigenvalue weighted by Gasteiger charge is -2.45. The minimum Gasteiger partial charge on any atom is -0.375 e. The van der Waals surface area contributed by atoms with Crippen molar-refractivity contribution >= 4 is 0 Å². The first-order chi connectivity index (χ1) is 8.88. The highest BCUT2D eigenvalue weighted by atomic mass is 16.5. The Balaban J connectivity index is 1.60. The second kappa shape index (κ2) is 5.89. The Morgan fingerprint density at radius 2 is 2.00 bits per heavy atom. The van der Waals surface area contributed by atoms with Crippen molar-refractivity contribution in [3.8, 4) is 0 Å². The normalized spacial score (nSPS) is 41.8. The van der Waals surface area contributed by atoms with Crippen molar-refractivity contribution in [2.45, 2.75) is 63.1 Å². The predicted molar refractivity (Wildman–Crippen MR) is 73.8 cm³/mol. The van der Waals surface area contributed by atoms with Crippen LogP contribution in [0.2, 0.25) is 0 Å². The second-order valence-electron chi connectivity index (χ2n) is 6.34.